The quantitative estimate of drug-likeness (QED) is 0.612. The topological polar surface area (TPSA) is 26.3 Å². The van der Waals surface area contributed by atoms with Gasteiger partial charge in [-0.1, -0.05) is 42.5 Å². The van der Waals surface area contributed by atoms with Gasteiger partial charge in [-0.15, -0.1) is 0 Å². The Hall–Kier alpha value is -2.42. The number of carbonyl (C=O) groups is 1. The van der Waals surface area contributed by atoms with Gasteiger partial charge in [-0.3, -0.25) is 4.79 Å². The number of halogens is 1. The first-order valence-corrected chi connectivity index (χ1v) is 5.81. The molecule has 2 aromatic carbocycles. The standard InChI is InChI=1S/C16H13FO2/c1-19-14-9-7-12(8-10-14)11-15(17)16(18)13-5-3-2-4-6-13/h2-11H,1H3/b15-11-. The van der Waals surface area contributed by atoms with Gasteiger partial charge in [0.1, 0.15) is 5.75 Å². The van der Waals surface area contributed by atoms with E-state index in [-0.39, 0.29) is 0 Å². The molecule has 0 bridgehead atoms. The second-order valence-corrected chi connectivity index (χ2v) is 3.96. The maximum Gasteiger partial charge on any atom is 0.221 e. The van der Waals surface area contributed by atoms with E-state index < -0.39 is 11.6 Å². The molecule has 19 heavy (non-hydrogen) atoms. The minimum atomic E-state index is -0.781. The zero-order valence-corrected chi connectivity index (χ0v) is 10.5. The Balaban J connectivity index is 2.20. The Bertz CT molecular complexity index is 586. The van der Waals surface area contributed by atoms with Crippen molar-refractivity contribution in [2.45, 2.75) is 0 Å². The average molecular weight is 256 g/mol. The molecule has 0 aliphatic rings. The van der Waals surface area contributed by atoms with Crippen LogP contribution in [-0.2, 0) is 0 Å². The molecule has 0 aromatic heterocycles. The highest BCUT2D eigenvalue weighted by molar-refractivity contribution is 6.09. The number of ketones is 1. The second kappa shape index (κ2) is 5.96. The molecule has 0 heterocycles. The molecule has 2 rings (SSSR count). The summed E-state index contributed by atoms with van der Waals surface area (Å²) in [7, 11) is 1.56. The van der Waals surface area contributed by atoms with Gasteiger partial charge >= 0.3 is 0 Å². The van der Waals surface area contributed by atoms with Crippen LogP contribution in [0.1, 0.15) is 15.9 Å². The second-order valence-electron chi connectivity index (χ2n) is 3.96. The first-order chi connectivity index (χ1) is 9.20. The van der Waals surface area contributed by atoms with Gasteiger partial charge in [0.25, 0.3) is 0 Å². The van der Waals surface area contributed by atoms with Crippen LogP contribution in [0.4, 0.5) is 4.39 Å². The van der Waals surface area contributed by atoms with E-state index in [0.29, 0.717) is 16.9 Å². The van der Waals surface area contributed by atoms with Crippen LogP contribution in [0.2, 0.25) is 0 Å². The van der Waals surface area contributed by atoms with Crippen LogP contribution in [0.25, 0.3) is 6.08 Å². The molecule has 0 N–H and O–H groups in total. The molecule has 0 saturated heterocycles. The summed E-state index contributed by atoms with van der Waals surface area (Å²) in [5, 5.41) is 0. The molecule has 0 aliphatic heterocycles. The van der Waals surface area contributed by atoms with Crippen LogP contribution in [0.5, 0.6) is 5.75 Å². The lowest BCUT2D eigenvalue weighted by Gasteiger charge is -2.00. The average Bonchev–Trinajstić information content (AvgIpc) is 2.48. The minimum Gasteiger partial charge on any atom is -0.497 e. The first kappa shape index (κ1) is 13.0. The number of hydrogen-bond acceptors (Lipinski definition) is 2. The Morgan fingerprint density at radius 2 is 1.68 bits per heavy atom. The fraction of sp³-hybridized carbons (Fsp3) is 0.0625. The molecule has 0 atom stereocenters. The van der Waals surface area contributed by atoms with Gasteiger partial charge in [-0.2, -0.15) is 0 Å². The third kappa shape index (κ3) is 3.28. The van der Waals surface area contributed by atoms with E-state index >= 15 is 0 Å². The van der Waals surface area contributed by atoms with E-state index in [9.17, 15) is 9.18 Å². The maximum absolute atomic E-state index is 13.8. The van der Waals surface area contributed by atoms with Crippen LogP contribution >= 0.6 is 0 Å². The number of rotatable bonds is 4. The van der Waals surface area contributed by atoms with Gasteiger partial charge in [0.2, 0.25) is 5.78 Å². The van der Waals surface area contributed by atoms with Crippen molar-refractivity contribution in [1.82, 2.24) is 0 Å². The molecule has 96 valence electrons. The van der Waals surface area contributed by atoms with Crippen LogP contribution in [0.3, 0.4) is 0 Å². The summed E-state index contributed by atoms with van der Waals surface area (Å²) in [6.45, 7) is 0. The molecule has 0 unspecified atom stereocenters. The van der Waals surface area contributed by atoms with Crippen LogP contribution in [-0.4, -0.2) is 12.9 Å². The number of methoxy groups -OCH3 is 1. The molecule has 0 saturated carbocycles. The molecule has 3 heteroatoms. The van der Waals surface area contributed by atoms with E-state index in [2.05, 4.69) is 0 Å². The van der Waals surface area contributed by atoms with Crippen molar-refractivity contribution in [2.75, 3.05) is 7.11 Å². The highest BCUT2D eigenvalue weighted by atomic mass is 19.1. The van der Waals surface area contributed by atoms with Gasteiger partial charge in [0.05, 0.1) is 7.11 Å². The molecular formula is C16H13FO2. The zero-order chi connectivity index (χ0) is 13.7. The van der Waals surface area contributed by atoms with Gasteiger partial charge in [-0.25, -0.2) is 4.39 Å². The summed E-state index contributed by atoms with van der Waals surface area (Å²) < 4.78 is 18.8. The fourth-order valence-electron chi connectivity index (χ4n) is 1.64. The molecular weight excluding hydrogens is 243 g/mol. The molecule has 2 aromatic rings. The number of hydrogen-bond donors (Lipinski definition) is 0. The van der Waals surface area contributed by atoms with Gasteiger partial charge in [-0.05, 0) is 23.8 Å². The van der Waals surface area contributed by atoms with Crippen molar-refractivity contribution in [3.8, 4) is 5.75 Å². The van der Waals surface area contributed by atoms with Crippen molar-refractivity contribution in [3.63, 3.8) is 0 Å². The molecule has 0 spiro atoms. The van der Waals surface area contributed by atoms with E-state index in [1.807, 2.05) is 0 Å². The Labute approximate surface area is 111 Å². The predicted molar refractivity (Wildman–Crippen MR) is 72.9 cm³/mol. The molecule has 0 fully saturated rings. The number of carbonyl (C=O) groups excluding carboxylic acids is 1. The predicted octanol–water partition coefficient (Wildman–Crippen LogP) is 3.89. The smallest absolute Gasteiger partial charge is 0.221 e. The number of allylic oxidation sites excluding steroid dienone is 1. The molecule has 2 nitrogen and oxygen atoms in total. The molecule has 0 aliphatic carbocycles. The lowest BCUT2D eigenvalue weighted by atomic mass is 10.1. The third-order valence-electron chi connectivity index (χ3n) is 2.66. The summed E-state index contributed by atoms with van der Waals surface area (Å²) in [6, 6.07) is 15.2. The van der Waals surface area contributed by atoms with E-state index in [1.165, 1.54) is 6.08 Å². The molecule has 0 amide bonds. The van der Waals surface area contributed by atoms with E-state index in [4.69, 9.17) is 4.74 Å². The van der Waals surface area contributed by atoms with Crippen LogP contribution in [0, 0.1) is 0 Å². The van der Waals surface area contributed by atoms with Gasteiger partial charge in [0.15, 0.2) is 5.83 Å². The lowest BCUT2D eigenvalue weighted by molar-refractivity contribution is 0.101. The van der Waals surface area contributed by atoms with Crippen molar-refractivity contribution in [3.05, 3.63) is 71.6 Å². The number of benzene rings is 2. The summed E-state index contributed by atoms with van der Waals surface area (Å²) in [4.78, 5) is 11.8. The van der Waals surface area contributed by atoms with E-state index in [0.717, 1.165) is 0 Å². The highest BCUT2D eigenvalue weighted by Crippen LogP contribution is 2.16. The third-order valence-corrected chi connectivity index (χ3v) is 2.66. The summed E-state index contributed by atoms with van der Waals surface area (Å²) in [5.74, 6) is -0.709. The van der Waals surface area contributed by atoms with Crippen LogP contribution in [0.15, 0.2) is 60.4 Å². The number of ether oxygens (including phenoxy) is 1. The Morgan fingerprint density at radius 1 is 1.05 bits per heavy atom. The van der Waals surface area contributed by atoms with Crippen molar-refractivity contribution in [2.24, 2.45) is 0 Å². The number of Topliss-reactive ketones (excluding diaryl/α,β-unsaturated/α-hetero) is 1. The first-order valence-electron chi connectivity index (χ1n) is 5.81. The SMILES string of the molecule is COc1ccc(/C=C(\F)C(=O)c2ccccc2)cc1. The Morgan fingerprint density at radius 3 is 2.26 bits per heavy atom. The summed E-state index contributed by atoms with van der Waals surface area (Å²) in [5.41, 5.74) is 0.951. The van der Waals surface area contributed by atoms with Crippen LogP contribution < -0.4 is 4.74 Å². The lowest BCUT2D eigenvalue weighted by Crippen LogP contribution is -1.98. The van der Waals surface area contributed by atoms with Gasteiger partial charge in [0, 0.05) is 5.56 Å². The summed E-state index contributed by atoms with van der Waals surface area (Å²) in [6.07, 6.45) is 1.22. The zero-order valence-electron chi connectivity index (χ0n) is 10.5. The Kier molecular flexibility index (Phi) is 4.08. The van der Waals surface area contributed by atoms with E-state index in [1.54, 1.807) is 61.7 Å². The van der Waals surface area contributed by atoms with Gasteiger partial charge < -0.3 is 4.74 Å². The van der Waals surface area contributed by atoms with Crippen molar-refractivity contribution < 1.29 is 13.9 Å². The largest absolute Gasteiger partial charge is 0.497 e. The van der Waals surface area contributed by atoms with Crippen molar-refractivity contribution >= 4 is 11.9 Å². The fourth-order valence-corrected chi connectivity index (χ4v) is 1.64. The highest BCUT2D eigenvalue weighted by Gasteiger charge is 2.11. The van der Waals surface area contributed by atoms with Crippen molar-refractivity contribution in [1.29, 1.82) is 0 Å². The summed E-state index contributed by atoms with van der Waals surface area (Å²) >= 11 is 0. The monoisotopic (exact) mass is 256 g/mol. The minimum absolute atomic E-state index is 0.338. The normalized spacial score (nSPS) is 11.2. The maximum atomic E-state index is 13.8. The molecule has 0 radical (unpaired) electrons.